The lowest BCUT2D eigenvalue weighted by Crippen LogP contribution is -2.45. The van der Waals surface area contributed by atoms with Gasteiger partial charge in [0.2, 0.25) is 5.88 Å². The van der Waals surface area contributed by atoms with Crippen molar-refractivity contribution in [2.45, 2.75) is 50.1 Å². The average Bonchev–Trinajstić information content (AvgIpc) is 3.63. The van der Waals surface area contributed by atoms with Crippen LogP contribution in [0.3, 0.4) is 0 Å². The highest BCUT2D eigenvalue weighted by Gasteiger charge is 2.39. The van der Waals surface area contributed by atoms with Crippen LogP contribution >= 0.6 is 0 Å². The van der Waals surface area contributed by atoms with E-state index in [4.69, 9.17) is 10.5 Å². The number of anilines is 1. The number of nitrogens with zero attached hydrogens (tertiary/aromatic N) is 5. The molecule has 2 fully saturated rings. The molecule has 5 rings (SSSR count). The van der Waals surface area contributed by atoms with Gasteiger partial charge in [-0.3, -0.25) is 4.79 Å². The van der Waals surface area contributed by atoms with Crippen LogP contribution in [0.4, 0.5) is 28.2 Å². The summed E-state index contributed by atoms with van der Waals surface area (Å²) >= 11 is 0. The number of nitrogens with two attached hydrogens (primary N) is 1. The lowest BCUT2D eigenvalue weighted by Gasteiger charge is -2.20. The van der Waals surface area contributed by atoms with E-state index in [2.05, 4.69) is 25.7 Å². The van der Waals surface area contributed by atoms with Gasteiger partial charge in [0.05, 0.1) is 31.0 Å². The van der Waals surface area contributed by atoms with Crippen LogP contribution in [0.1, 0.15) is 41.6 Å². The third-order valence-electron chi connectivity index (χ3n) is 7.01. The minimum Gasteiger partial charge on any atom is -0.480 e. The van der Waals surface area contributed by atoms with Crippen LogP contribution in [-0.2, 0) is 6.18 Å². The SMILES string of the molecule is COc1ncc(-c2cc(C(F)(F)F)c3c(N)ncnn23)cc1C(=O)N[C@@H]1CN(C(=O)NC2CCCC2)C[C@@H]1F. The third kappa shape index (κ3) is 5.12. The first-order valence-corrected chi connectivity index (χ1v) is 12.3. The van der Waals surface area contributed by atoms with E-state index in [0.717, 1.165) is 42.6 Å². The standard InChI is InChI=1S/C24H26F4N8O3/c1-39-22-14(21(37)34-17-10-35(9-16(17)25)23(38)33-13-4-2-3-5-13)6-12(8-30-22)18-7-15(24(26,27)28)19-20(29)31-11-32-36(18)19/h6-8,11,13,16-17H,2-5,9-10H2,1H3,(H,33,38)(H,34,37)(H2,29,31,32)/t16-,17+/m0/s1. The topological polar surface area (TPSA) is 140 Å². The van der Waals surface area contributed by atoms with Gasteiger partial charge in [-0.2, -0.15) is 18.3 Å². The zero-order valence-corrected chi connectivity index (χ0v) is 20.8. The van der Waals surface area contributed by atoms with Crippen molar-refractivity contribution in [3.05, 3.63) is 35.8 Å². The van der Waals surface area contributed by atoms with Crippen molar-refractivity contribution in [2.24, 2.45) is 0 Å². The van der Waals surface area contributed by atoms with Crippen LogP contribution < -0.4 is 21.1 Å². The monoisotopic (exact) mass is 550 g/mol. The lowest BCUT2D eigenvalue weighted by molar-refractivity contribution is -0.136. The number of hydrogen-bond donors (Lipinski definition) is 3. The Balaban J connectivity index is 1.40. The Labute approximate surface area is 219 Å². The highest BCUT2D eigenvalue weighted by molar-refractivity contribution is 5.98. The summed E-state index contributed by atoms with van der Waals surface area (Å²) in [4.78, 5) is 34.8. The molecule has 4 heterocycles. The second kappa shape index (κ2) is 10.2. The van der Waals surface area contributed by atoms with Crippen LogP contribution in [0.5, 0.6) is 5.88 Å². The van der Waals surface area contributed by atoms with Crippen molar-refractivity contribution in [3.8, 4) is 17.1 Å². The van der Waals surface area contributed by atoms with Crippen molar-refractivity contribution in [2.75, 3.05) is 25.9 Å². The Morgan fingerprint density at radius 1 is 1.13 bits per heavy atom. The average molecular weight is 551 g/mol. The van der Waals surface area contributed by atoms with Gasteiger partial charge in [0.1, 0.15) is 23.6 Å². The van der Waals surface area contributed by atoms with E-state index in [1.807, 2.05) is 0 Å². The second-order valence-electron chi connectivity index (χ2n) is 9.56. The van der Waals surface area contributed by atoms with Gasteiger partial charge in [-0.25, -0.2) is 23.7 Å². The molecule has 15 heteroatoms. The Bertz CT molecular complexity index is 1410. The number of rotatable bonds is 5. The summed E-state index contributed by atoms with van der Waals surface area (Å²) in [5.41, 5.74) is 4.13. The van der Waals surface area contributed by atoms with Crippen LogP contribution in [-0.4, -0.2) is 74.9 Å². The number of aromatic nitrogens is 4. The predicted octanol–water partition coefficient (Wildman–Crippen LogP) is 2.81. The molecule has 11 nitrogen and oxygen atoms in total. The van der Waals surface area contributed by atoms with Crippen molar-refractivity contribution in [1.29, 1.82) is 0 Å². The lowest BCUT2D eigenvalue weighted by atomic mass is 10.1. The van der Waals surface area contributed by atoms with E-state index in [1.54, 1.807) is 0 Å². The molecule has 2 aliphatic rings. The van der Waals surface area contributed by atoms with Crippen molar-refractivity contribution in [3.63, 3.8) is 0 Å². The number of amides is 3. The Morgan fingerprint density at radius 3 is 2.56 bits per heavy atom. The van der Waals surface area contributed by atoms with Gasteiger partial charge < -0.3 is 26.0 Å². The fourth-order valence-electron chi connectivity index (χ4n) is 5.06. The molecule has 0 spiro atoms. The van der Waals surface area contributed by atoms with Gasteiger partial charge in [0.25, 0.3) is 5.91 Å². The number of carbonyl (C=O) groups excluding carboxylic acids is 2. The van der Waals surface area contributed by atoms with Crippen LogP contribution in [0.15, 0.2) is 24.7 Å². The minimum atomic E-state index is -4.75. The molecule has 1 aliphatic heterocycles. The first-order chi connectivity index (χ1) is 18.6. The van der Waals surface area contributed by atoms with E-state index in [1.165, 1.54) is 24.3 Å². The molecule has 208 valence electrons. The maximum Gasteiger partial charge on any atom is 0.418 e. The van der Waals surface area contributed by atoms with Crippen molar-refractivity contribution >= 4 is 23.3 Å². The number of carbonyl (C=O) groups is 2. The molecule has 0 bridgehead atoms. The fraction of sp³-hybridized carbons (Fsp3) is 0.458. The number of nitrogens with one attached hydrogen (secondary N) is 2. The molecule has 0 unspecified atom stereocenters. The first-order valence-electron chi connectivity index (χ1n) is 12.3. The summed E-state index contributed by atoms with van der Waals surface area (Å²) in [7, 11) is 1.27. The number of fused-ring (bicyclic) bond motifs is 1. The molecular formula is C24H26F4N8O3. The smallest absolute Gasteiger partial charge is 0.418 e. The van der Waals surface area contributed by atoms with E-state index in [9.17, 15) is 27.2 Å². The number of urea groups is 1. The van der Waals surface area contributed by atoms with Crippen LogP contribution in [0.25, 0.3) is 16.8 Å². The second-order valence-corrected chi connectivity index (χ2v) is 9.56. The zero-order chi connectivity index (χ0) is 27.9. The largest absolute Gasteiger partial charge is 0.480 e. The molecule has 3 aromatic rings. The summed E-state index contributed by atoms with van der Waals surface area (Å²) < 4.78 is 62.1. The number of hydrogen-bond acceptors (Lipinski definition) is 7. The summed E-state index contributed by atoms with van der Waals surface area (Å²) in [5.74, 6) is -1.26. The molecule has 3 aromatic heterocycles. The third-order valence-corrected chi connectivity index (χ3v) is 7.01. The molecule has 39 heavy (non-hydrogen) atoms. The van der Waals surface area contributed by atoms with Crippen LogP contribution in [0.2, 0.25) is 0 Å². The maximum atomic E-state index is 14.8. The van der Waals surface area contributed by atoms with E-state index in [0.29, 0.717) is 0 Å². The number of alkyl halides is 4. The molecular weight excluding hydrogens is 524 g/mol. The highest BCUT2D eigenvalue weighted by atomic mass is 19.4. The van der Waals surface area contributed by atoms with Gasteiger partial charge >= 0.3 is 12.2 Å². The quantitative estimate of drug-likeness (QED) is 0.415. The highest BCUT2D eigenvalue weighted by Crippen LogP contribution is 2.39. The van der Waals surface area contributed by atoms with Gasteiger partial charge in [0.15, 0.2) is 5.82 Å². The van der Waals surface area contributed by atoms with E-state index < -0.39 is 35.4 Å². The van der Waals surface area contributed by atoms with Gasteiger partial charge in [-0.05, 0) is 25.0 Å². The van der Waals surface area contributed by atoms with Crippen molar-refractivity contribution < 1.29 is 31.9 Å². The van der Waals surface area contributed by atoms with Gasteiger partial charge in [0, 0.05) is 24.3 Å². The number of nitrogen functional groups attached to an aromatic ring is 1. The first kappa shape index (κ1) is 26.4. The van der Waals surface area contributed by atoms with Gasteiger partial charge in [-0.15, -0.1) is 0 Å². The summed E-state index contributed by atoms with van der Waals surface area (Å²) in [6.45, 7) is -0.230. The van der Waals surface area contributed by atoms with E-state index >= 15 is 0 Å². The van der Waals surface area contributed by atoms with Gasteiger partial charge in [-0.1, -0.05) is 12.8 Å². The van der Waals surface area contributed by atoms with Crippen molar-refractivity contribution in [1.82, 2.24) is 35.1 Å². The molecule has 1 aliphatic carbocycles. The summed E-state index contributed by atoms with van der Waals surface area (Å²) in [6.07, 6.45) is -0.233. The molecule has 0 aromatic carbocycles. The molecule has 0 radical (unpaired) electrons. The number of pyridine rings is 1. The molecule has 2 atom stereocenters. The normalized spacial score (nSPS) is 20.0. The zero-order valence-electron chi connectivity index (χ0n) is 20.8. The molecule has 4 N–H and O–H groups in total. The number of methoxy groups -OCH3 is 1. The summed E-state index contributed by atoms with van der Waals surface area (Å²) in [6, 6.07) is 0.781. The Hall–Kier alpha value is -4.17. The predicted molar refractivity (Wildman–Crippen MR) is 131 cm³/mol. The number of likely N-dealkylation sites (tertiary alicyclic amines) is 1. The minimum absolute atomic E-state index is 0.0463. The summed E-state index contributed by atoms with van der Waals surface area (Å²) in [5, 5.41) is 9.36. The molecule has 1 saturated carbocycles. The fourth-order valence-corrected chi connectivity index (χ4v) is 5.06. The maximum absolute atomic E-state index is 14.8. The van der Waals surface area contributed by atoms with Crippen LogP contribution in [0, 0.1) is 0 Å². The molecule has 1 saturated heterocycles. The van der Waals surface area contributed by atoms with E-state index in [-0.39, 0.29) is 53.7 Å². The Kier molecular flexibility index (Phi) is 6.91. The Morgan fingerprint density at radius 2 is 1.87 bits per heavy atom. The number of halogens is 4. The number of ether oxygens (including phenoxy) is 1. The molecule has 3 amide bonds.